The number of amides is 2. The molecule has 0 aliphatic heterocycles. The summed E-state index contributed by atoms with van der Waals surface area (Å²) in [6.07, 6.45) is 0. The normalized spacial score (nSPS) is 10.5. The molecule has 6 nitrogen and oxygen atoms in total. The van der Waals surface area contributed by atoms with Crippen LogP contribution in [0.25, 0.3) is 10.9 Å². The molecule has 0 aliphatic rings. The van der Waals surface area contributed by atoms with E-state index in [9.17, 15) is 14.4 Å². The SMILES string of the molecule is NC(=O)c1cccc(CNC(=O)c2cc(=O)[nH]c3ccccc23)c1. The third kappa shape index (κ3) is 3.17. The number of carbonyl (C=O) groups is 2. The summed E-state index contributed by atoms with van der Waals surface area (Å²) in [4.78, 5) is 38.0. The van der Waals surface area contributed by atoms with Crippen LogP contribution in [0.5, 0.6) is 0 Å². The highest BCUT2D eigenvalue weighted by Crippen LogP contribution is 2.14. The number of benzene rings is 2. The maximum atomic E-state index is 12.4. The zero-order chi connectivity index (χ0) is 17.1. The molecule has 120 valence electrons. The lowest BCUT2D eigenvalue weighted by atomic mass is 10.1. The molecule has 0 spiro atoms. The Morgan fingerprint density at radius 3 is 2.62 bits per heavy atom. The van der Waals surface area contributed by atoms with Crippen LogP contribution in [0, 0.1) is 0 Å². The van der Waals surface area contributed by atoms with Gasteiger partial charge < -0.3 is 16.0 Å². The Balaban J connectivity index is 1.85. The lowest BCUT2D eigenvalue weighted by molar-refractivity contribution is 0.0951. The molecule has 2 amide bonds. The van der Waals surface area contributed by atoms with E-state index in [0.29, 0.717) is 22.0 Å². The molecule has 2 aromatic carbocycles. The summed E-state index contributed by atoms with van der Waals surface area (Å²) in [7, 11) is 0. The van der Waals surface area contributed by atoms with Crippen molar-refractivity contribution in [3.05, 3.63) is 81.6 Å². The molecule has 1 aromatic heterocycles. The van der Waals surface area contributed by atoms with Gasteiger partial charge in [-0.25, -0.2) is 0 Å². The molecule has 24 heavy (non-hydrogen) atoms. The molecule has 0 bridgehead atoms. The molecule has 0 saturated heterocycles. The van der Waals surface area contributed by atoms with Crippen molar-refractivity contribution in [2.75, 3.05) is 0 Å². The minimum absolute atomic E-state index is 0.223. The summed E-state index contributed by atoms with van der Waals surface area (Å²) in [6, 6.07) is 15.1. The van der Waals surface area contributed by atoms with E-state index >= 15 is 0 Å². The fraction of sp³-hybridized carbons (Fsp3) is 0.0556. The highest BCUT2D eigenvalue weighted by molar-refractivity contribution is 6.05. The summed E-state index contributed by atoms with van der Waals surface area (Å²) in [5.74, 6) is -0.884. The minimum atomic E-state index is -0.524. The van der Waals surface area contributed by atoms with Crippen LogP contribution in [0.1, 0.15) is 26.3 Å². The van der Waals surface area contributed by atoms with Crippen molar-refractivity contribution in [2.24, 2.45) is 5.73 Å². The molecule has 0 aliphatic carbocycles. The van der Waals surface area contributed by atoms with Gasteiger partial charge >= 0.3 is 0 Å². The summed E-state index contributed by atoms with van der Waals surface area (Å²) in [6.45, 7) is 0.223. The number of para-hydroxylation sites is 1. The number of nitrogens with one attached hydrogen (secondary N) is 2. The number of hydrogen-bond acceptors (Lipinski definition) is 3. The molecule has 4 N–H and O–H groups in total. The van der Waals surface area contributed by atoms with Crippen LogP contribution in [0.15, 0.2) is 59.4 Å². The van der Waals surface area contributed by atoms with Crippen LogP contribution in [-0.4, -0.2) is 16.8 Å². The molecule has 3 rings (SSSR count). The van der Waals surface area contributed by atoms with Gasteiger partial charge in [0.25, 0.3) is 5.91 Å². The predicted molar refractivity (Wildman–Crippen MR) is 90.7 cm³/mol. The number of hydrogen-bond donors (Lipinski definition) is 3. The first-order valence-corrected chi connectivity index (χ1v) is 7.33. The minimum Gasteiger partial charge on any atom is -0.366 e. The molecule has 0 unspecified atom stereocenters. The first-order valence-electron chi connectivity index (χ1n) is 7.33. The quantitative estimate of drug-likeness (QED) is 0.679. The smallest absolute Gasteiger partial charge is 0.252 e. The Morgan fingerprint density at radius 2 is 1.83 bits per heavy atom. The van der Waals surface area contributed by atoms with Crippen LogP contribution in [0.2, 0.25) is 0 Å². The van der Waals surface area contributed by atoms with Crippen molar-refractivity contribution in [1.82, 2.24) is 10.3 Å². The second kappa shape index (κ2) is 6.37. The van der Waals surface area contributed by atoms with E-state index in [2.05, 4.69) is 10.3 Å². The Morgan fingerprint density at radius 1 is 1.04 bits per heavy atom. The Hall–Kier alpha value is -3.41. The number of rotatable bonds is 4. The molecule has 0 radical (unpaired) electrons. The van der Waals surface area contributed by atoms with Crippen LogP contribution in [0.3, 0.4) is 0 Å². The molecule has 6 heteroatoms. The summed E-state index contributed by atoms with van der Waals surface area (Å²) >= 11 is 0. The average Bonchev–Trinajstić information content (AvgIpc) is 2.59. The third-order valence-electron chi connectivity index (χ3n) is 3.66. The zero-order valence-electron chi connectivity index (χ0n) is 12.7. The van der Waals surface area contributed by atoms with Crippen LogP contribution >= 0.6 is 0 Å². The van der Waals surface area contributed by atoms with Gasteiger partial charge in [0.05, 0.1) is 5.56 Å². The van der Waals surface area contributed by atoms with Crippen molar-refractivity contribution >= 4 is 22.7 Å². The van der Waals surface area contributed by atoms with Gasteiger partial charge in [-0.2, -0.15) is 0 Å². The number of carbonyl (C=O) groups excluding carboxylic acids is 2. The second-order valence-corrected chi connectivity index (χ2v) is 5.34. The van der Waals surface area contributed by atoms with E-state index in [0.717, 1.165) is 5.56 Å². The number of pyridine rings is 1. The summed E-state index contributed by atoms with van der Waals surface area (Å²) in [5, 5.41) is 3.42. The lowest BCUT2D eigenvalue weighted by Gasteiger charge is -2.08. The first kappa shape index (κ1) is 15.5. The fourth-order valence-corrected chi connectivity index (χ4v) is 2.50. The van der Waals surface area contributed by atoms with E-state index < -0.39 is 5.91 Å². The van der Waals surface area contributed by atoms with Gasteiger partial charge in [-0.05, 0) is 23.8 Å². The van der Waals surface area contributed by atoms with E-state index in [1.54, 1.807) is 48.5 Å². The average molecular weight is 321 g/mol. The molecule has 3 aromatic rings. The summed E-state index contributed by atoms with van der Waals surface area (Å²) in [5.41, 5.74) is 6.94. The molecule has 0 atom stereocenters. The van der Waals surface area contributed by atoms with Gasteiger partial charge in [-0.15, -0.1) is 0 Å². The van der Waals surface area contributed by atoms with Gasteiger partial charge in [-0.1, -0.05) is 30.3 Å². The Bertz CT molecular complexity index is 992. The third-order valence-corrected chi connectivity index (χ3v) is 3.66. The van der Waals surface area contributed by atoms with Gasteiger partial charge in [-0.3, -0.25) is 14.4 Å². The second-order valence-electron chi connectivity index (χ2n) is 5.34. The predicted octanol–water partition coefficient (Wildman–Crippen LogP) is 1.56. The van der Waals surface area contributed by atoms with Crippen molar-refractivity contribution in [1.29, 1.82) is 0 Å². The molecular weight excluding hydrogens is 306 g/mol. The Labute approximate surface area is 137 Å². The lowest BCUT2D eigenvalue weighted by Crippen LogP contribution is -2.25. The van der Waals surface area contributed by atoms with Crippen LogP contribution < -0.4 is 16.6 Å². The van der Waals surface area contributed by atoms with Crippen molar-refractivity contribution in [3.8, 4) is 0 Å². The molecular formula is C18H15N3O3. The molecule has 0 saturated carbocycles. The van der Waals surface area contributed by atoms with E-state index in [1.807, 2.05) is 0 Å². The summed E-state index contributed by atoms with van der Waals surface area (Å²) < 4.78 is 0. The van der Waals surface area contributed by atoms with Crippen LogP contribution in [-0.2, 0) is 6.54 Å². The van der Waals surface area contributed by atoms with E-state index in [1.165, 1.54) is 6.07 Å². The van der Waals surface area contributed by atoms with Crippen molar-refractivity contribution in [3.63, 3.8) is 0 Å². The highest BCUT2D eigenvalue weighted by Gasteiger charge is 2.11. The fourth-order valence-electron chi connectivity index (χ4n) is 2.50. The highest BCUT2D eigenvalue weighted by atomic mass is 16.2. The number of aromatic nitrogens is 1. The number of fused-ring (bicyclic) bond motifs is 1. The van der Waals surface area contributed by atoms with E-state index in [-0.39, 0.29) is 18.0 Å². The number of H-pyrrole nitrogens is 1. The zero-order valence-corrected chi connectivity index (χ0v) is 12.7. The number of aromatic amines is 1. The Kier molecular flexibility index (Phi) is 4.11. The standard InChI is InChI=1S/C18H15N3O3/c19-17(23)12-5-3-4-11(8-12)10-20-18(24)14-9-16(22)21-15-7-2-1-6-13(14)15/h1-9H,10H2,(H2,19,23)(H,20,24)(H,21,22). The number of nitrogens with two attached hydrogens (primary N) is 1. The van der Waals surface area contributed by atoms with Crippen molar-refractivity contribution in [2.45, 2.75) is 6.54 Å². The molecule has 1 heterocycles. The maximum absolute atomic E-state index is 12.4. The first-order chi connectivity index (χ1) is 11.5. The van der Waals surface area contributed by atoms with Crippen molar-refractivity contribution < 1.29 is 9.59 Å². The van der Waals surface area contributed by atoms with Gasteiger partial charge in [0.15, 0.2) is 0 Å². The monoisotopic (exact) mass is 321 g/mol. The van der Waals surface area contributed by atoms with Gasteiger partial charge in [0.1, 0.15) is 0 Å². The maximum Gasteiger partial charge on any atom is 0.252 e. The number of primary amides is 1. The van der Waals surface area contributed by atoms with Gasteiger partial charge in [0.2, 0.25) is 11.5 Å². The van der Waals surface area contributed by atoms with Gasteiger partial charge in [0, 0.05) is 29.1 Å². The van der Waals surface area contributed by atoms with Crippen LogP contribution in [0.4, 0.5) is 0 Å². The molecule has 0 fully saturated rings. The van der Waals surface area contributed by atoms with E-state index in [4.69, 9.17) is 5.73 Å². The topological polar surface area (TPSA) is 105 Å². The largest absolute Gasteiger partial charge is 0.366 e.